The molecule has 1 aromatic rings. The predicted octanol–water partition coefficient (Wildman–Crippen LogP) is 2.37. The molecule has 18 heavy (non-hydrogen) atoms. The number of hydrogen-bond acceptors (Lipinski definition) is 3. The first-order valence-electron chi connectivity index (χ1n) is 5.48. The average molecular weight is 275 g/mol. The van der Waals surface area contributed by atoms with Gasteiger partial charge >= 0.3 is 0 Å². The Morgan fingerprint density at radius 1 is 1.28 bits per heavy atom. The molecule has 0 saturated carbocycles. The Balaban J connectivity index is 2.29. The molecule has 100 valence electrons. The second kappa shape index (κ2) is 7.94. The normalized spacial score (nSPS) is 10.6. The Labute approximate surface area is 110 Å². The molecular weight excluding hydrogens is 260 g/mol. The van der Waals surface area contributed by atoms with E-state index in [2.05, 4.69) is 0 Å². The van der Waals surface area contributed by atoms with Crippen LogP contribution in [0.25, 0.3) is 0 Å². The summed E-state index contributed by atoms with van der Waals surface area (Å²) < 4.78 is 33.7. The van der Waals surface area contributed by atoms with Crippen molar-refractivity contribution in [3.05, 3.63) is 29.8 Å². The second-order valence-electron chi connectivity index (χ2n) is 3.53. The molecular formula is C12H15F2NO2S. The molecule has 2 N–H and O–H groups in total. The molecule has 0 aliphatic rings. The first kappa shape index (κ1) is 14.8. The third-order valence-corrected chi connectivity index (χ3v) is 2.31. The van der Waals surface area contributed by atoms with Gasteiger partial charge in [-0.15, -0.1) is 0 Å². The highest BCUT2D eigenvalue weighted by atomic mass is 32.1. The average Bonchev–Trinajstić information content (AvgIpc) is 2.33. The molecule has 0 atom stereocenters. The third-order valence-electron chi connectivity index (χ3n) is 2.09. The molecule has 1 rings (SSSR count). The highest BCUT2D eigenvalue weighted by molar-refractivity contribution is 7.80. The zero-order valence-corrected chi connectivity index (χ0v) is 10.6. The lowest BCUT2D eigenvalue weighted by molar-refractivity contribution is 0.0139. The van der Waals surface area contributed by atoms with Gasteiger partial charge in [0, 0.05) is 6.42 Å². The van der Waals surface area contributed by atoms with Gasteiger partial charge in [0.15, 0.2) is 0 Å². The summed E-state index contributed by atoms with van der Waals surface area (Å²) in [4.78, 5) is 0.263. The van der Waals surface area contributed by atoms with Crippen LogP contribution < -0.4 is 10.5 Å². The van der Waals surface area contributed by atoms with Gasteiger partial charge in [-0.3, -0.25) is 0 Å². The van der Waals surface area contributed by atoms with E-state index >= 15 is 0 Å². The van der Waals surface area contributed by atoms with Crippen molar-refractivity contribution in [1.29, 1.82) is 0 Å². The summed E-state index contributed by atoms with van der Waals surface area (Å²) in [6, 6.07) is 7.15. The number of ether oxygens (including phenoxy) is 2. The first-order valence-corrected chi connectivity index (χ1v) is 5.89. The number of nitrogens with two attached hydrogens (primary N) is 1. The number of alkyl halides is 2. The number of thiocarbonyl (C=S) groups is 1. The molecule has 0 radical (unpaired) electrons. The van der Waals surface area contributed by atoms with Gasteiger partial charge in [-0.2, -0.15) is 0 Å². The highest BCUT2D eigenvalue weighted by Gasteiger charge is 2.05. The van der Waals surface area contributed by atoms with Gasteiger partial charge in [-0.05, 0) is 12.1 Å². The van der Waals surface area contributed by atoms with Crippen LogP contribution in [0.2, 0.25) is 0 Å². The number of rotatable bonds is 8. The summed E-state index contributed by atoms with van der Waals surface area (Å²) in [6.45, 7) is 0.0614. The van der Waals surface area contributed by atoms with Crippen molar-refractivity contribution in [3.8, 4) is 5.75 Å². The van der Waals surface area contributed by atoms with E-state index in [1.54, 1.807) is 12.1 Å². The lowest BCUT2D eigenvalue weighted by Gasteiger charge is -2.10. The number of halogens is 2. The molecule has 0 unspecified atom stereocenters. The lowest BCUT2D eigenvalue weighted by Crippen LogP contribution is -2.13. The first-order chi connectivity index (χ1) is 8.61. The molecule has 0 saturated heterocycles. The largest absolute Gasteiger partial charge is 0.493 e. The Bertz CT molecular complexity index is 388. The minimum atomic E-state index is -2.43. The Kier molecular flexibility index (Phi) is 6.53. The van der Waals surface area contributed by atoms with E-state index < -0.39 is 13.0 Å². The van der Waals surface area contributed by atoms with E-state index in [4.69, 9.17) is 27.4 Å². The van der Waals surface area contributed by atoms with E-state index in [1.807, 2.05) is 12.1 Å². The molecule has 0 heterocycles. The molecule has 0 aliphatic carbocycles. The summed E-state index contributed by atoms with van der Waals surface area (Å²) >= 11 is 4.89. The third kappa shape index (κ3) is 5.37. The van der Waals surface area contributed by atoms with Gasteiger partial charge in [0.1, 0.15) is 17.3 Å². The van der Waals surface area contributed by atoms with E-state index in [0.717, 1.165) is 0 Å². The van der Waals surface area contributed by atoms with Crippen LogP contribution >= 0.6 is 12.2 Å². The summed E-state index contributed by atoms with van der Waals surface area (Å²) in [5, 5.41) is 0. The maximum Gasteiger partial charge on any atom is 0.261 e. The molecule has 3 nitrogen and oxygen atoms in total. The van der Waals surface area contributed by atoms with Crippen LogP contribution in [0.5, 0.6) is 5.75 Å². The maximum absolute atomic E-state index is 11.8. The van der Waals surface area contributed by atoms with Crippen molar-refractivity contribution in [2.45, 2.75) is 12.8 Å². The van der Waals surface area contributed by atoms with Crippen LogP contribution in [0.4, 0.5) is 8.78 Å². The van der Waals surface area contributed by atoms with Crippen molar-refractivity contribution < 1.29 is 18.3 Å². The smallest absolute Gasteiger partial charge is 0.261 e. The SMILES string of the molecule is NC(=S)c1ccccc1OCCCOCC(F)F. The Morgan fingerprint density at radius 2 is 2.00 bits per heavy atom. The van der Waals surface area contributed by atoms with Gasteiger partial charge in [-0.25, -0.2) is 8.78 Å². The van der Waals surface area contributed by atoms with E-state index in [-0.39, 0.29) is 11.6 Å². The fourth-order valence-electron chi connectivity index (χ4n) is 1.31. The molecule has 0 aromatic heterocycles. The van der Waals surface area contributed by atoms with Crippen molar-refractivity contribution in [2.75, 3.05) is 19.8 Å². The molecule has 6 heteroatoms. The summed E-state index contributed by atoms with van der Waals surface area (Å²) in [5.41, 5.74) is 6.21. The van der Waals surface area contributed by atoms with Crippen molar-refractivity contribution in [2.24, 2.45) is 5.73 Å². The van der Waals surface area contributed by atoms with Crippen LogP contribution in [0.1, 0.15) is 12.0 Å². The minimum absolute atomic E-state index is 0.236. The Morgan fingerprint density at radius 3 is 2.67 bits per heavy atom. The maximum atomic E-state index is 11.8. The number of hydrogen-bond donors (Lipinski definition) is 1. The summed E-state index contributed by atoms with van der Waals surface area (Å²) in [5.74, 6) is 0.596. The zero-order valence-electron chi connectivity index (χ0n) is 9.77. The van der Waals surface area contributed by atoms with Gasteiger partial charge in [0.2, 0.25) is 0 Å². The standard InChI is InChI=1S/C12H15F2NO2S/c13-11(14)8-16-6-3-7-17-10-5-2-1-4-9(10)12(15)18/h1-2,4-5,11H,3,6-8H2,(H2,15,18). The molecule has 0 fully saturated rings. The summed E-state index contributed by atoms with van der Waals surface area (Å²) in [6.07, 6.45) is -1.90. The van der Waals surface area contributed by atoms with Crippen molar-refractivity contribution in [3.63, 3.8) is 0 Å². The lowest BCUT2D eigenvalue weighted by atomic mass is 10.2. The van der Waals surface area contributed by atoms with E-state index in [0.29, 0.717) is 24.3 Å². The van der Waals surface area contributed by atoms with Crippen molar-refractivity contribution in [1.82, 2.24) is 0 Å². The van der Waals surface area contributed by atoms with Crippen LogP contribution in [-0.4, -0.2) is 31.2 Å². The monoisotopic (exact) mass is 275 g/mol. The highest BCUT2D eigenvalue weighted by Crippen LogP contribution is 2.17. The van der Waals surface area contributed by atoms with Crippen molar-refractivity contribution >= 4 is 17.2 Å². The van der Waals surface area contributed by atoms with Gasteiger partial charge in [0.05, 0.1) is 18.8 Å². The topological polar surface area (TPSA) is 44.5 Å². The second-order valence-corrected chi connectivity index (χ2v) is 3.97. The molecule has 1 aromatic carbocycles. The predicted molar refractivity (Wildman–Crippen MR) is 69.3 cm³/mol. The fraction of sp³-hybridized carbons (Fsp3) is 0.417. The minimum Gasteiger partial charge on any atom is -0.493 e. The number of para-hydroxylation sites is 1. The number of benzene rings is 1. The zero-order chi connectivity index (χ0) is 13.4. The van der Waals surface area contributed by atoms with Crippen LogP contribution in [-0.2, 0) is 4.74 Å². The molecule has 0 spiro atoms. The van der Waals surface area contributed by atoms with Crippen LogP contribution in [0.15, 0.2) is 24.3 Å². The quantitative estimate of drug-likeness (QED) is 0.584. The van der Waals surface area contributed by atoms with E-state index in [9.17, 15) is 8.78 Å². The van der Waals surface area contributed by atoms with Gasteiger partial charge in [-0.1, -0.05) is 24.4 Å². The van der Waals surface area contributed by atoms with Gasteiger partial charge in [0.25, 0.3) is 6.43 Å². The Hall–Kier alpha value is -1.27. The molecule has 0 aliphatic heterocycles. The van der Waals surface area contributed by atoms with E-state index in [1.165, 1.54) is 0 Å². The van der Waals surface area contributed by atoms with Gasteiger partial charge < -0.3 is 15.2 Å². The van der Waals surface area contributed by atoms with Crippen LogP contribution in [0, 0.1) is 0 Å². The summed E-state index contributed by atoms with van der Waals surface area (Å²) in [7, 11) is 0. The fourth-order valence-corrected chi connectivity index (χ4v) is 1.48. The molecule has 0 amide bonds. The van der Waals surface area contributed by atoms with Crippen LogP contribution in [0.3, 0.4) is 0 Å². The molecule has 0 bridgehead atoms.